The van der Waals surface area contributed by atoms with Crippen LogP contribution in [-0.4, -0.2) is 35.3 Å². The molecule has 0 aliphatic heterocycles. The Bertz CT molecular complexity index is 367. The van der Waals surface area contributed by atoms with Crippen molar-refractivity contribution in [2.45, 2.75) is 6.92 Å². The van der Waals surface area contributed by atoms with Gasteiger partial charge in [0.1, 0.15) is 0 Å². The van der Waals surface area contributed by atoms with Crippen molar-refractivity contribution in [3.8, 4) is 0 Å². The maximum atomic E-state index is 10.8. The molecule has 1 rings (SSSR count). The molecule has 0 saturated carbocycles. The normalized spacial score (nSPS) is 10.7. The first-order chi connectivity index (χ1) is 6.09. The van der Waals surface area contributed by atoms with E-state index in [2.05, 4.69) is 15.0 Å². The van der Waals surface area contributed by atoms with Gasteiger partial charge in [-0.2, -0.15) is 4.98 Å². The summed E-state index contributed by atoms with van der Waals surface area (Å²) in [5.74, 6) is 0.456. The van der Waals surface area contributed by atoms with Crippen LogP contribution < -0.4 is 5.69 Å². The minimum absolute atomic E-state index is 0.378. The molecule has 1 aromatic heterocycles. The van der Waals surface area contributed by atoms with Gasteiger partial charge in [-0.25, -0.2) is 9.79 Å². The molecule has 0 aliphatic carbocycles. The number of aliphatic imine (C=N–C) groups is 1. The van der Waals surface area contributed by atoms with E-state index in [0.29, 0.717) is 5.82 Å². The molecular weight excluding hydrogens is 168 g/mol. The number of hydrogen-bond acceptors (Lipinski definition) is 3. The average molecular weight is 180 g/mol. The molecule has 0 aromatic carbocycles. The first-order valence-corrected chi connectivity index (χ1v) is 3.86. The summed E-state index contributed by atoms with van der Waals surface area (Å²) in [5.41, 5.74) is 0.467. The lowest BCUT2D eigenvalue weighted by molar-refractivity contribution is 0.643. The van der Waals surface area contributed by atoms with E-state index in [1.807, 2.05) is 21.0 Å². The van der Waals surface area contributed by atoms with Gasteiger partial charge in [0.2, 0.25) is 0 Å². The number of rotatable bonds is 2. The highest BCUT2D eigenvalue weighted by Crippen LogP contribution is 2.08. The highest BCUT2D eigenvalue weighted by atomic mass is 16.1. The van der Waals surface area contributed by atoms with Crippen LogP contribution in [0.15, 0.2) is 16.0 Å². The number of hydrogen-bond donors (Lipinski definition) is 1. The summed E-state index contributed by atoms with van der Waals surface area (Å²) in [4.78, 5) is 22.8. The van der Waals surface area contributed by atoms with E-state index in [4.69, 9.17) is 0 Å². The fourth-order valence-corrected chi connectivity index (χ4v) is 0.752. The van der Waals surface area contributed by atoms with E-state index in [9.17, 15) is 4.79 Å². The second-order valence-corrected chi connectivity index (χ2v) is 2.92. The van der Waals surface area contributed by atoms with Gasteiger partial charge in [0, 0.05) is 25.9 Å². The van der Waals surface area contributed by atoms with E-state index >= 15 is 0 Å². The molecule has 0 saturated heterocycles. The van der Waals surface area contributed by atoms with Gasteiger partial charge < -0.3 is 9.88 Å². The molecule has 70 valence electrons. The molecule has 0 fully saturated rings. The quantitative estimate of drug-likeness (QED) is 0.526. The fraction of sp³-hybridized carbons (Fsp3) is 0.375. The van der Waals surface area contributed by atoms with E-state index in [0.717, 1.165) is 5.56 Å². The van der Waals surface area contributed by atoms with Crippen LogP contribution in [0.5, 0.6) is 0 Å². The van der Waals surface area contributed by atoms with Crippen LogP contribution in [-0.2, 0) is 0 Å². The van der Waals surface area contributed by atoms with Crippen molar-refractivity contribution in [1.82, 2.24) is 14.9 Å². The zero-order valence-corrected chi connectivity index (χ0v) is 7.90. The molecule has 0 spiro atoms. The molecule has 5 heteroatoms. The summed E-state index contributed by atoms with van der Waals surface area (Å²) < 4.78 is 0. The van der Waals surface area contributed by atoms with Crippen LogP contribution in [0.2, 0.25) is 0 Å². The van der Waals surface area contributed by atoms with Gasteiger partial charge in [-0.05, 0) is 6.92 Å². The van der Waals surface area contributed by atoms with Crippen LogP contribution in [0.1, 0.15) is 5.56 Å². The molecule has 5 nitrogen and oxygen atoms in total. The number of nitrogens with zero attached hydrogens (tertiary/aromatic N) is 3. The molecule has 1 aromatic rings. The first-order valence-electron chi connectivity index (χ1n) is 3.86. The third kappa shape index (κ3) is 2.70. The van der Waals surface area contributed by atoms with E-state index in [1.54, 1.807) is 17.4 Å². The number of aromatic nitrogens is 2. The van der Waals surface area contributed by atoms with Gasteiger partial charge in [-0.15, -0.1) is 0 Å². The van der Waals surface area contributed by atoms with Crippen molar-refractivity contribution < 1.29 is 0 Å². The first kappa shape index (κ1) is 9.44. The van der Waals surface area contributed by atoms with Crippen LogP contribution in [0.25, 0.3) is 0 Å². The molecule has 13 heavy (non-hydrogen) atoms. The van der Waals surface area contributed by atoms with Crippen molar-refractivity contribution in [2.24, 2.45) is 4.99 Å². The largest absolute Gasteiger partial charge is 0.369 e. The van der Waals surface area contributed by atoms with Crippen LogP contribution in [0.3, 0.4) is 0 Å². The maximum Gasteiger partial charge on any atom is 0.346 e. The topological polar surface area (TPSA) is 61.4 Å². The van der Waals surface area contributed by atoms with Gasteiger partial charge in [0.25, 0.3) is 0 Å². The average Bonchev–Trinajstić information content (AvgIpc) is 2.06. The molecule has 0 aliphatic rings. The predicted molar refractivity (Wildman–Crippen MR) is 51.4 cm³/mol. The Hall–Kier alpha value is -1.65. The minimum Gasteiger partial charge on any atom is -0.369 e. The summed E-state index contributed by atoms with van der Waals surface area (Å²) in [6.07, 6.45) is 3.20. The Kier molecular flexibility index (Phi) is 2.79. The maximum absolute atomic E-state index is 10.8. The van der Waals surface area contributed by atoms with Crippen molar-refractivity contribution in [3.63, 3.8) is 0 Å². The minimum atomic E-state index is -0.378. The Balaban J connectivity index is 3.00. The molecule has 0 atom stereocenters. The van der Waals surface area contributed by atoms with Gasteiger partial charge in [0.05, 0.1) is 6.34 Å². The van der Waals surface area contributed by atoms with E-state index in [1.165, 1.54) is 0 Å². The predicted octanol–water partition coefficient (Wildman–Crippen LogP) is 0.300. The van der Waals surface area contributed by atoms with Gasteiger partial charge in [-0.3, -0.25) is 0 Å². The number of aromatic amines is 1. The monoisotopic (exact) mass is 180 g/mol. The lowest BCUT2D eigenvalue weighted by Gasteiger charge is -2.02. The molecule has 0 radical (unpaired) electrons. The van der Waals surface area contributed by atoms with Crippen LogP contribution >= 0.6 is 0 Å². The smallest absolute Gasteiger partial charge is 0.346 e. The highest BCUT2D eigenvalue weighted by molar-refractivity contribution is 5.59. The lowest BCUT2D eigenvalue weighted by atomic mass is 10.3. The summed E-state index contributed by atoms with van der Waals surface area (Å²) in [6.45, 7) is 1.84. The third-order valence-electron chi connectivity index (χ3n) is 1.38. The Morgan fingerprint density at radius 2 is 2.31 bits per heavy atom. The molecule has 1 N–H and O–H groups in total. The zero-order chi connectivity index (χ0) is 9.84. The number of aryl methyl sites for hydroxylation is 1. The lowest BCUT2D eigenvalue weighted by Crippen LogP contribution is -2.11. The SMILES string of the molecule is Cc1c[nH]c(=O)nc1/N=C\N(C)C. The number of nitrogens with one attached hydrogen (secondary N) is 1. The van der Waals surface area contributed by atoms with Gasteiger partial charge in [-0.1, -0.05) is 0 Å². The Morgan fingerprint density at radius 3 is 2.92 bits per heavy atom. The van der Waals surface area contributed by atoms with Crippen LogP contribution in [0, 0.1) is 6.92 Å². The van der Waals surface area contributed by atoms with E-state index in [-0.39, 0.29) is 5.69 Å². The zero-order valence-electron chi connectivity index (χ0n) is 7.90. The summed E-state index contributed by atoms with van der Waals surface area (Å²) in [5, 5.41) is 0. The molecule has 0 unspecified atom stereocenters. The highest BCUT2D eigenvalue weighted by Gasteiger charge is 1.96. The fourth-order valence-electron chi connectivity index (χ4n) is 0.752. The molecular formula is C8H12N4O. The van der Waals surface area contributed by atoms with Crippen molar-refractivity contribution in [2.75, 3.05) is 14.1 Å². The van der Waals surface area contributed by atoms with E-state index < -0.39 is 0 Å². The van der Waals surface area contributed by atoms with Gasteiger partial charge in [0.15, 0.2) is 5.82 Å². The second kappa shape index (κ2) is 3.84. The summed E-state index contributed by atoms with van der Waals surface area (Å²) >= 11 is 0. The van der Waals surface area contributed by atoms with Crippen molar-refractivity contribution >= 4 is 12.2 Å². The number of H-pyrrole nitrogens is 1. The molecule has 1 heterocycles. The van der Waals surface area contributed by atoms with Gasteiger partial charge >= 0.3 is 5.69 Å². The Labute approximate surface area is 76.1 Å². The van der Waals surface area contributed by atoms with Crippen LogP contribution in [0.4, 0.5) is 5.82 Å². The summed E-state index contributed by atoms with van der Waals surface area (Å²) in [7, 11) is 3.71. The summed E-state index contributed by atoms with van der Waals surface area (Å²) in [6, 6.07) is 0. The third-order valence-corrected chi connectivity index (χ3v) is 1.38. The van der Waals surface area contributed by atoms with Crippen molar-refractivity contribution in [3.05, 3.63) is 22.2 Å². The van der Waals surface area contributed by atoms with Crippen molar-refractivity contribution in [1.29, 1.82) is 0 Å². The molecule has 0 amide bonds. The second-order valence-electron chi connectivity index (χ2n) is 2.92. The Morgan fingerprint density at radius 1 is 1.62 bits per heavy atom. The molecule has 0 bridgehead atoms. The standard InChI is InChI=1S/C8H12N4O/c1-6-4-9-8(13)11-7(6)10-5-12(2)3/h4-5H,1-3H3,(H,9,11,13)/b10-5-.